The zero-order valence-corrected chi connectivity index (χ0v) is 23.8. The summed E-state index contributed by atoms with van der Waals surface area (Å²) in [6.45, 7) is 9.27. The van der Waals surface area contributed by atoms with Crippen LogP contribution < -0.4 is 0 Å². The van der Waals surface area contributed by atoms with Crippen LogP contribution in [-0.2, 0) is 27.4 Å². The first-order chi connectivity index (χ1) is 18.5. The number of carbonyl (C=O) groups excluding carboxylic acids is 3. The van der Waals surface area contributed by atoms with Gasteiger partial charge in [0.05, 0.1) is 37.0 Å². The lowest BCUT2D eigenvalue weighted by Crippen LogP contribution is -2.34. The van der Waals surface area contributed by atoms with Gasteiger partial charge in [0.25, 0.3) is 0 Å². The van der Waals surface area contributed by atoms with Crippen molar-refractivity contribution in [3.05, 3.63) is 58.7 Å². The fraction of sp³-hybridized carbons (Fsp3) is 0.414. The number of rotatable bonds is 5. The Balaban J connectivity index is 2.23. The Morgan fingerprint density at radius 1 is 0.975 bits per heavy atom. The quantitative estimate of drug-likeness (QED) is 0.301. The molecule has 11 heteroatoms. The summed E-state index contributed by atoms with van der Waals surface area (Å²) in [6.07, 6.45) is -1.57. The molecule has 0 bridgehead atoms. The molecule has 0 radical (unpaired) electrons. The molecule has 0 aliphatic rings. The number of methoxy groups -OCH3 is 1. The van der Waals surface area contributed by atoms with Crippen molar-refractivity contribution >= 4 is 29.1 Å². The average Bonchev–Trinajstić information content (AvgIpc) is 3.16. The number of hydrogen-bond donors (Lipinski definition) is 1. The molecule has 2 aromatic carbocycles. The third-order valence-electron chi connectivity index (χ3n) is 5.71. The summed E-state index contributed by atoms with van der Waals surface area (Å²) in [5, 5.41) is 10.4. The number of hydrogen-bond acceptors (Lipinski definition) is 7. The number of aromatic nitrogens is 1. The standard InChI is InChI=1S/C29H34F2N2O7/c1-28(2,3)39-26(36)32(7)14-17-10-9-16(11-21(17)31)24-20(15-34)23-19(25(35)38-8)12-18(30)13-22(23)33(24)27(37)40-29(4,5)6/h9-13,34H,14-15H2,1-8H3. The third kappa shape index (κ3) is 6.59. The van der Waals surface area contributed by atoms with Gasteiger partial charge in [-0.25, -0.2) is 27.7 Å². The number of benzene rings is 2. The van der Waals surface area contributed by atoms with Crippen LogP contribution in [0, 0.1) is 11.6 Å². The summed E-state index contributed by atoms with van der Waals surface area (Å²) in [7, 11) is 2.58. The van der Waals surface area contributed by atoms with Crippen molar-refractivity contribution in [1.82, 2.24) is 9.47 Å². The van der Waals surface area contributed by atoms with E-state index in [1.54, 1.807) is 41.5 Å². The summed E-state index contributed by atoms with van der Waals surface area (Å²) < 4.78 is 46.8. The maximum absolute atomic E-state index is 15.4. The molecule has 40 heavy (non-hydrogen) atoms. The topological polar surface area (TPSA) is 107 Å². The molecule has 0 saturated carbocycles. The van der Waals surface area contributed by atoms with Crippen molar-refractivity contribution in [1.29, 1.82) is 0 Å². The number of halogens is 2. The Bertz CT molecular complexity index is 1470. The Hall–Kier alpha value is -3.99. The monoisotopic (exact) mass is 560 g/mol. The van der Waals surface area contributed by atoms with Crippen LogP contribution >= 0.6 is 0 Å². The van der Waals surface area contributed by atoms with E-state index in [1.165, 1.54) is 24.1 Å². The zero-order chi connectivity index (χ0) is 30.2. The summed E-state index contributed by atoms with van der Waals surface area (Å²) in [5.41, 5.74) is -1.60. The average molecular weight is 561 g/mol. The lowest BCUT2D eigenvalue weighted by atomic mass is 10.0. The number of carbonyl (C=O) groups is 3. The molecule has 0 saturated heterocycles. The summed E-state index contributed by atoms with van der Waals surface area (Å²) >= 11 is 0. The van der Waals surface area contributed by atoms with Crippen molar-refractivity contribution in [3.8, 4) is 11.3 Å². The summed E-state index contributed by atoms with van der Waals surface area (Å²) in [6, 6.07) is 6.00. The molecule has 216 valence electrons. The molecule has 1 heterocycles. The fourth-order valence-electron chi connectivity index (χ4n) is 4.17. The number of nitrogens with zero attached hydrogens (tertiary/aromatic N) is 2. The third-order valence-corrected chi connectivity index (χ3v) is 5.71. The Labute approximate surface area is 231 Å². The molecular weight excluding hydrogens is 526 g/mol. The number of aliphatic hydroxyl groups excluding tert-OH is 1. The maximum Gasteiger partial charge on any atom is 0.419 e. The van der Waals surface area contributed by atoms with Gasteiger partial charge in [0.2, 0.25) is 0 Å². The zero-order valence-electron chi connectivity index (χ0n) is 23.8. The minimum atomic E-state index is -0.954. The molecule has 9 nitrogen and oxygen atoms in total. The molecule has 0 spiro atoms. The number of fused-ring (bicyclic) bond motifs is 1. The Morgan fingerprint density at radius 2 is 1.60 bits per heavy atom. The SMILES string of the molecule is COC(=O)c1cc(F)cc2c1c(CO)c(-c1ccc(CN(C)C(=O)OC(C)(C)C)c(F)c1)n2C(=O)OC(C)(C)C. The molecule has 0 aliphatic carbocycles. The predicted octanol–water partition coefficient (Wildman–Crippen LogP) is 6.02. The van der Waals surface area contributed by atoms with E-state index in [4.69, 9.17) is 14.2 Å². The first kappa shape index (κ1) is 30.6. The van der Waals surface area contributed by atoms with Crippen molar-refractivity contribution < 1.29 is 42.5 Å². The first-order valence-electron chi connectivity index (χ1n) is 12.5. The van der Waals surface area contributed by atoms with E-state index in [1.807, 2.05) is 0 Å². The lowest BCUT2D eigenvalue weighted by Gasteiger charge is -2.25. The predicted molar refractivity (Wildman–Crippen MR) is 144 cm³/mol. The maximum atomic E-state index is 15.4. The van der Waals surface area contributed by atoms with Gasteiger partial charge in [-0.1, -0.05) is 12.1 Å². The van der Waals surface area contributed by atoms with Gasteiger partial charge in [0.15, 0.2) is 0 Å². The van der Waals surface area contributed by atoms with E-state index in [2.05, 4.69) is 0 Å². The van der Waals surface area contributed by atoms with Gasteiger partial charge in [-0.15, -0.1) is 0 Å². The van der Waals surface area contributed by atoms with E-state index in [-0.39, 0.29) is 45.4 Å². The number of esters is 1. The van der Waals surface area contributed by atoms with Crippen molar-refractivity contribution in [2.24, 2.45) is 0 Å². The summed E-state index contributed by atoms with van der Waals surface area (Å²) in [5.74, 6) is -2.44. The minimum absolute atomic E-state index is 0.00782. The van der Waals surface area contributed by atoms with Gasteiger partial charge in [-0.05, 0) is 59.7 Å². The van der Waals surface area contributed by atoms with Crippen LogP contribution in [-0.4, -0.2) is 58.1 Å². The molecule has 0 atom stereocenters. The smallest absolute Gasteiger partial charge is 0.419 e. The first-order valence-corrected chi connectivity index (χ1v) is 12.5. The van der Waals surface area contributed by atoms with Crippen LogP contribution in [0.3, 0.4) is 0 Å². The van der Waals surface area contributed by atoms with Crippen LogP contribution in [0.4, 0.5) is 18.4 Å². The van der Waals surface area contributed by atoms with E-state index < -0.39 is 47.6 Å². The van der Waals surface area contributed by atoms with Crippen LogP contribution in [0.1, 0.15) is 63.0 Å². The lowest BCUT2D eigenvalue weighted by molar-refractivity contribution is 0.0283. The molecule has 1 amide bonds. The molecule has 0 unspecified atom stereocenters. The molecule has 0 aliphatic heterocycles. The van der Waals surface area contributed by atoms with Crippen molar-refractivity contribution in [3.63, 3.8) is 0 Å². The van der Waals surface area contributed by atoms with E-state index in [0.717, 1.165) is 29.9 Å². The van der Waals surface area contributed by atoms with E-state index in [9.17, 15) is 23.9 Å². The van der Waals surface area contributed by atoms with Crippen molar-refractivity contribution in [2.45, 2.75) is 65.9 Å². The second-order valence-electron chi connectivity index (χ2n) is 11.3. The van der Waals surface area contributed by atoms with Gasteiger partial charge in [0.1, 0.15) is 22.8 Å². The van der Waals surface area contributed by atoms with Gasteiger partial charge in [0, 0.05) is 29.1 Å². The van der Waals surface area contributed by atoms with Gasteiger partial charge >= 0.3 is 18.2 Å². The highest BCUT2D eigenvalue weighted by molar-refractivity contribution is 6.10. The molecule has 1 N–H and O–H groups in total. The fourth-order valence-corrected chi connectivity index (χ4v) is 4.17. The van der Waals surface area contributed by atoms with E-state index in [0.29, 0.717) is 0 Å². The molecule has 1 aromatic heterocycles. The van der Waals surface area contributed by atoms with Gasteiger partial charge in [-0.2, -0.15) is 0 Å². The number of aliphatic hydroxyl groups is 1. The highest BCUT2D eigenvalue weighted by Gasteiger charge is 2.30. The second-order valence-corrected chi connectivity index (χ2v) is 11.3. The highest BCUT2D eigenvalue weighted by Crippen LogP contribution is 2.38. The van der Waals surface area contributed by atoms with Crippen LogP contribution in [0.15, 0.2) is 30.3 Å². The van der Waals surface area contributed by atoms with Crippen LogP contribution in [0.5, 0.6) is 0 Å². The normalized spacial score (nSPS) is 11.9. The van der Waals surface area contributed by atoms with Gasteiger partial charge in [-0.3, -0.25) is 0 Å². The van der Waals surface area contributed by atoms with Crippen LogP contribution in [0.25, 0.3) is 22.2 Å². The van der Waals surface area contributed by atoms with Crippen molar-refractivity contribution in [2.75, 3.05) is 14.2 Å². The largest absolute Gasteiger partial charge is 0.465 e. The van der Waals surface area contributed by atoms with Gasteiger partial charge < -0.3 is 24.2 Å². The second kappa shape index (κ2) is 11.2. The van der Waals surface area contributed by atoms with E-state index >= 15 is 4.39 Å². The minimum Gasteiger partial charge on any atom is -0.465 e. The number of amides is 1. The summed E-state index contributed by atoms with van der Waals surface area (Å²) in [4.78, 5) is 39.5. The number of ether oxygens (including phenoxy) is 3. The molecule has 3 aromatic rings. The van der Waals surface area contributed by atoms with Crippen LogP contribution in [0.2, 0.25) is 0 Å². The highest BCUT2D eigenvalue weighted by atomic mass is 19.1. The molecule has 0 fully saturated rings. The molecular formula is C29H34F2N2O7. The Kier molecular flexibility index (Phi) is 8.59. The Morgan fingerprint density at radius 3 is 2.12 bits per heavy atom. The molecule has 3 rings (SSSR count).